The molecule has 0 unspecified atom stereocenters. The molecule has 2 aliphatic rings. The number of amides is 2. The van der Waals surface area contributed by atoms with Gasteiger partial charge in [0.2, 0.25) is 0 Å². The highest BCUT2D eigenvalue weighted by molar-refractivity contribution is 6.21. The molecule has 2 heterocycles. The van der Waals surface area contributed by atoms with Gasteiger partial charge in [-0.2, -0.15) is 0 Å². The topological polar surface area (TPSA) is 60.9 Å². The van der Waals surface area contributed by atoms with Crippen molar-refractivity contribution in [1.82, 2.24) is 9.80 Å². The molecule has 1 saturated heterocycles. The molecule has 2 amide bonds. The van der Waals surface area contributed by atoms with E-state index >= 15 is 0 Å². The van der Waals surface area contributed by atoms with Crippen molar-refractivity contribution in [1.29, 1.82) is 0 Å². The van der Waals surface area contributed by atoms with Crippen molar-refractivity contribution in [2.45, 2.75) is 51.3 Å². The van der Waals surface area contributed by atoms with E-state index in [0.29, 0.717) is 29.8 Å². The summed E-state index contributed by atoms with van der Waals surface area (Å²) < 4.78 is 0. The second kappa shape index (κ2) is 6.42. The van der Waals surface area contributed by atoms with Gasteiger partial charge in [0, 0.05) is 18.6 Å². The number of rotatable bonds is 4. The summed E-state index contributed by atoms with van der Waals surface area (Å²) in [4.78, 5) is 28.1. The van der Waals surface area contributed by atoms with Crippen LogP contribution < -0.4 is 0 Å². The lowest BCUT2D eigenvalue weighted by Gasteiger charge is -2.40. The second-order valence-corrected chi connectivity index (χ2v) is 6.75. The van der Waals surface area contributed by atoms with Crippen molar-refractivity contribution in [3.8, 4) is 0 Å². The van der Waals surface area contributed by atoms with E-state index in [2.05, 4.69) is 18.7 Å². The van der Waals surface area contributed by atoms with Gasteiger partial charge in [0.05, 0.1) is 23.8 Å². The molecule has 0 radical (unpaired) electrons. The Hall–Kier alpha value is -1.72. The molecule has 23 heavy (non-hydrogen) atoms. The minimum Gasteiger partial charge on any atom is -0.390 e. The normalized spacial score (nSPS) is 26.5. The van der Waals surface area contributed by atoms with E-state index in [-0.39, 0.29) is 18.4 Å². The quantitative estimate of drug-likeness (QED) is 0.862. The molecule has 2 aliphatic heterocycles. The Labute approximate surface area is 136 Å². The number of hydrogen-bond acceptors (Lipinski definition) is 4. The Morgan fingerprint density at radius 3 is 2.09 bits per heavy atom. The highest BCUT2D eigenvalue weighted by atomic mass is 16.3. The Morgan fingerprint density at radius 2 is 1.57 bits per heavy atom. The lowest BCUT2D eigenvalue weighted by molar-refractivity contribution is 0.0240. The SMILES string of the molecule is C[C@@H]1CCC[C@H](C)N1C[C@@H](O)CN1C(=O)c2ccccc2C1=O. The number of piperidine rings is 1. The van der Waals surface area contributed by atoms with Gasteiger partial charge in [0.1, 0.15) is 0 Å². The molecule has 0 bridgehead atoms. The van der Waals surface area contributed by atoms with E-state index < -0.39 is 6.10 Å². The van der Waals surface area contributed by atoms with Crippen LogP contribution in [0, 0.1) is 0 Å². The molecule has 0 aromatic heterocycles. The van der Waals surface area contributed by atoms with Crippen LogP contribution in [0.3, 0.4) is 0 Å². The van der Waals surface area contributed by atoms with Gasteiger partial charge >= 0.3 is 0 Å². The average Bonchev–Trinajstić information content (AvgIpc) is 2.77. The highest BCUT2D eigenvalue weighted by Crippen LogP contribution is 2.25. The van der Waals surface area contributed by atoms with E-state index in [1.807, 2.05) is 0 Å². The predicted octanol–water partition coefficient (Wildman–Crippen LogP) is 1.91. The van der Waals surface area contributed by atoms with Crippen LogP contribution in [-0.4, -0.2) is 58.0 Å². The minimum atomic E-state index is -0.722. The standard InChI is InChI=1S/C18H24N2O3/c1-12-6-5-7-13(2)19(12)10-14(21)11-20-17(22)15-8-3-4-9-16(15)18(20)23/h3-4,8-9,12-14,21H,5-7,10-11H2,1-2H3/t12-,13+,14-/m1/s1. The fourth-order valence-electron chi connectivity index (χ4n) is 3.75. The zero-order chi connectivity index (χ0) is 16.6. The molecule has 1 fully saturated rings. The summed E-state index contributed by atoms with van der Waals surface area (Å²) in [6.07, 6.45) is 2.75. The maximum Gasteiger partial charge on any atom is 0.261 e. The molecule has 5 nitrogen and oxygen atoms in total. The van der Waals surface area contributed by atoms with Gasteiger partial charge in [-0.1, -0.05) is 18.6 Å². The highest BCUT2D eigenvalue weighted by Gasteiger charge is 2.37. The van der Waals surface area contributed by atoms with Gasteiger partial charge in [-0.25, -0.2) is 0 Å². The Bertz CT molecular complexity index is 571. The molecule has 1 aromatic rings. The lowest BCUT2D eigenvalue weighted by Crippen LogP contribution is -2.50. The number of imide groups is 1. The molecule has 0 saturated carbocycles. The monoisotopic (exact) mass is 316 g/mol. The molecule has 3 rings (SSSR count). The third-order valence-corrected chi connectivity index (χ3v) is 5.07. The summed E-state index contributed by atoms with van der Waals surface area (Å²) in [5.41, 5.74) is 0.869. The van der Waals surface area contributed by atoms with Crippen LogP contribution in [0.2, 0.25) is 0 Å². The van der Waals surface area contributed by atoms with Crippen molar-refractivity contribution in [3.63, 3.8) is 0 Å². The Morgan fingerprint density at radius 1 is 1.04 bits per heavy atom. The van der Waals surface area contributed by atoms with Crippen molar-refractivity contribution in [2.75, 3.05) is 13.1 Å². The van der Waals surface area contributed by atoms with Gasteiger partial charge in [0.25, 0.3) is 11.8 Å². The van der Waals surface area contributed by atoms with Crippen LogP contribution >= 0.6 is 0 Å². The molecular formula is C18H24N2O3. The summed E-state index contributed by atoms with van der Waals surface area (Å²) in [6, 6.07) is 7.68. The first kappa shape index (κ1) is 16.1. The zero-order valence-corrected chi connectivity index (χ0v) is 13.7. The van der Waals surface area contributed by atoms with E-state index in [4.69, 9.17) is 0 Å². The summed E-state index contributed by atoms with van der Waals surface area (Å²) in [5, 5.41) is 10.4. The van der Waals surface area contributed by atoms with Gasteiger partial charge in [0.15, 0.2) is 0 Å². The third kappa shape index (κ3) is 3.03. The van der Waals surface area contributed by atoms with Crippen molar-refractivity contribution in [3.05, 3.63) is 35.4 Å². The van der Waals surface area contributed by atoms with Crippen molar-refractivity contribution < 1.29 is 14.7 Å². The summed E-state index contributed by atoms with van der Waals surface area (Å²) in [6.45, 7) is 4.90. The molecule has 5 heteroatoms. The third-order valence-electron chi connectivity index (χ3n) is 5.07. The largest absolute Gasteiger partial charge is 0.390 e. The van der Waals surface area contributed by atoms with Crippen LogP contribution in [0.25, 0.3) is 0 Å². The molecule has 0 spiro atoms. The van der Waals surface area contributed by atoms with Crippen LogP contribution in [0.15, 0.2) is 24.3 Å². The van der Waals surface area contributed by atoms with E-state index in [9.17, 15) is 14.7 Å². The first-order valence-electron chi connectivity index (χ1n) is 8.38. The van der Waals surface area contributed by atoms with E-state index in [0.717, 1.165) is 12.8 Å². The van der Waals surface area contributed by atoms with Crippen molar-refractivity contribution in [2.24, 2.45) is 0 Å². The molecule has 0 aliphatic carbocycles. The Balaban J connectivity index is 1.66. The fraction of sp³-hybridized carbons (Fsp3) is 0.556. The zero-order valence-electron chi connectivity index (χ0n) is 13.7. The van der Waals surface area contributed by atoms with Gasteiger partial charge in [-0.15, -0.1) is 0 Å². The number of benzene rings is 1. The number of carbonyl (C=O) groups is 2. The average molecular weight is 316 g/mol. The molecule has 1 aromatic carbocycles. The van der Waals surface area contributed by atoms with Crippen LogP contribution in [-0.2, 0) is 0 Å². The molecular weight excluding hydrogens is 292 g/mol. The molecule has 3 atom stereocenters. The van der Waals surface area contributed by atoms with Crippen LogP contribution in [0.1, 0.15) is 53.8 Å². The summed E-state index contributed by atoms with van der Waals surface area (Å²) in [7, 11) is 0. The number of likely N-dealkylation sites (tertiary alicyclic amines) is 1. The van der Waals surface area contributed by atoms with Gasteiger partial charge in [-0.3, -0.25) is 19.4 Å². The van der Waals surface area contributed by atoms with Crippen LogP contribution in [0.5, 0.6) is 0 Å². The van der Waals surface area contributed by atoms with E-state index in [1.54, 1.807) is 24.3 Å². The number of fused-ring (bicyclic) bond motifs is 1. The van der Waals surface area contributed by atoms with Gasteiger partial charge < -0.3 is 5.11 Å². The predicted molar refractivity (Wildman–Crippen MR) is 87.3 cm³/mol. The number of aliphatic hydroxyl groups excluding tert-OH is 1. The van der Waals surface area contributed by atoms with Crippen LogP contribution in [0.4, 0.5) is 0 Å². The number of carbonyl (C=O) groups excluding carboxylic acids is 2. The summed E-state index contributed by atoms with van der Waals surface area (Å²) in [5.74, 6) is -0.603. The second-order valence-electron chi connectivity index (χ2n) is 6.75. The fourth-order valence-corrected chi connectivity index (χ4v) is 3.75. The minimum absolute atomic E-state index is 0.0578. The Kier molecular flexibility index (Phi) is 4.50. The smallest absolute Gasteiger partial charge is 0.261 e. The number of aliphatic hydroxyl groups is 1. The summed E-state index contributed by atoms with van der Waals surface area (Å²) >= 11 is 0. The lowest BCUT2D eigenvalue weighted by atomic mass is 9.97. The maximum absolute atomic E-state index is 12.3. The number of β-amino-alcohol motifs (C(OH)–C–C–N with tert-alkyl or cyclic N) is 1. The maximum atomic E-state index is 12.3. The van der Waals surface area contributed by atoms with Crippen molar-refractivity contribution >= 4 is 11.8 Å². The molecule has 1 N–H and O–H groups in total. The van der Waals surface area contributed by atoms with E-state index in [1.165, 1.54) is 11.3 Å². The first-order valence-corrected chi connectivity index (χ1v) is 8.38. The molecule has 124 valence electrons. The van der Waals surface area contributed by atoms with Gasteiger partial charge in [-0.05, 0) is 38.8 Å². The number of nitrogens with zero attached hydrogens (tertiary/aromatic N) is 2. The first-order chi connectivity index (χ1) is 11.0. The number of hydrogen-bond donors (Lipinski definition) is 1.